The molecule has 0 aromatic heterocycles. The molecule has 0 aliphatic heterocycles. The van der Waals surface area contributed by atoms with Gasteiger partial charge in [0.15, 0.2) is 0 Å². The van der Waals surface area contributed by atoms with Crippen LogP contribution in [-0.4, -0.2) is 9.85 Å². The number of nitro groups is 2. The molecule has 142 valence electrons. The highest BCUT2D eigenvalue weighted by molar-refractivity contribution is 5.40. The van der Waals surface area contributed by atoms with Crippen LogP contribution in [0.25, 0.3) is 0 Å². The van der Waals surface area contributed by atoms with Crippen LogP contribution in [-0.2, 0) is 11.1 Å². The minimum absolute atomic E-state index is 0.107. The average Bonchev–Trinajstić information content (AvgIpc) is 2.71. The first-order valence-electron chi connectivity index (χ1n) is 8.02. The van der Waals surface area contributed by atoms with Gasteiger partial charge in [-0.15, -0.1) is 0 Å². The van der Waals surface area contributed by atoms with E-state index in [1.807, 2.05) is 0 Å². The first-order valence-corrected chi connectivity index (χ1v) is 8.02. The Morgan fingerprint density at radius 1 is 0.750 bits per heavy atom. The third kappa shape index (κ3) is 4.10. The van der Waals surface area contributed by atoms with E-state index in [0.29, 0.717) is 11.1 Å². The predicted octanol–water partition coefficient (Wildman–Crippen LogP) is 2.77. The van der Waals surface area contributed by atoms with Crippen molar-refractivity contribution in [2.45, 2.75) is 24.9 Å². The number of benzene rings is 2. The van der Waals surface area contributed by atoms with Crippen molar-refractivity contribution >= 4 is 11.4 Å². The van der Waals surface area contributed by atoms with Crippen LogP contribution < -0.4 is 10.9 Å². The van der Waals surface area contributed by atoms with E-state index in [1.165, 1.54) is 48.5 Å². The standard InChI is InChI=1S/C18H16N6O4/c1-17(11-19,13-3-7-15(8-4-13)23(25)26)21-22-18(2,12-20)14-5-9-16(10-6-14)24(27)28/h3-10,21-22H,1-2H3. The van der Waals surface area contributed by atoms with Crippen LogP contribution in [0.15, 0.2) is 48.5 Å². The molecular formula is C18H16N6O4. The summed E-state index contributed by atoms with van der Waals surface area (Å²) in [7, 11) is 0. The van der Waals surface area contributed by atoms with Crippen molar-refractivity contribution in [3.05, 3.63) is 79.9 Å². The molecule has 0 spiro atoms. The molecule has 2 N–H and O–H groups in total. The van der Waals surface area contributed by atoms with Gasteiger partial charge < -0.3 is 0 Å². The topological polar surface area (TPSA) is 158 Å². The first kappa shape index (κ1) is 20.5. The molecule has 0 bridgehead atoms. The summed E-state index contributed by atoms with van der Waals surface area (Å²) < 4.78 is 0. The Labute approximate surface area is 160 Å². The maximum absolute atomic E-state index is 10.8. The lowest BCUT2D eigenvalue weighted by Gasteiger charge is -2.31. The van der Waals surface area contributed by atoms with Crippen molar-refractivity contribution in [2.75, 3.05) is 0 Å². The van der Waals surface area contributed by atoms with Crippen molar-refractivity contribution in [2.24, 2.45) is 0 Å². The van der Waals surface area contributed by atoms with Gasteiger partial charge in [-0.05, 0) is 49.2 Å². The number of nitriles is 2. The Balaban J connectivity index is 2.26. The molecule has 0 radical (unpaired) electrons. The quantitative estimate of drug-likeness (QED) is 0.548. The summed E-state index contributed by atoms with van der Waals surface area (Å²) in [6, 6.07) is 15.1. The van der Waals surface area contributed by atoms with Gasteiger partial charge in [0, 0.05) is 24.3 Å². The first-order chi connectivity index (χ1) is 13.1. The second-order valence-corrected chi connectivity index (χ2v) is 6.33. The van der Waals surface area contributed by atoms with Crippen molar-refractivity contribution in [3.8, 4) is 12.1 Å². The summed E-state index contributed by atoms with van der Waals surface area (Å²) in [6.45, 7) is 3.10. The van der Waals surface area contributed by atoms with E-state index in [1.54, 1.807) is 13.8 Å². The Hall–Kier alpha value is -3.86. The van der Waals surface area contributed by atoms with Gasteiger partial charge in [-0.25, -0.2) is 10.9 Å². The molecule has 28 heavy (non-hydrogen) atoms. The molecule has 2 aromatic rings. The molecule has 10 heteroatoms. The van der Waals surface area contributed by atoms with Gasteiger partial charge in [-0.2, -0.15) is 10.5 Å². The molecule has 10 nitrogen and oxygen atoms in total. The zero-order valence-electron chi connectivity index (χ0n) is 15.0. The van der Waals surface area contributed by atoms with E-state index in [-0.39, 0.29) is 11.4 Å². The molecule has 2 atom stereocenters. The SMILES string of the molecule is CC(C#N)(NNC(C)(C#N)c1ccc([N+](=O)[O-])cc1)c1ccc([N+](=O)[O-])cc1. The zero-order valence-corrected chi connectivity index (χ0v) is 15.0. The fourth-order valence-electron chi connectivity index (χ4n) is 2.41. The lowest BCUT2D eigenvalue weighted by molar-refractivity contribution is -0.385. The van der Waals surface area contributed by atoms with Crippen LogP contribution in [0.4, 0.5) is 11.4 Å². The Bertz CT molecular complexity index is 896. The average molecular weight is 380 g/mol. The molecule has 0 amide bonds. The number of hydrazine groups is 1. The molecule has 2 rings (SSSR count). The third-order valence-corrected chi connectivity index (χ3v) is 4.32. The second kappa shape index (κ2) is 7.80. The van der Waals surface area contributed by atoms with Crippen molar-refractivity contribution in [3.63, 3.8) is 0 Å². The number of nitro benzene ring substituents is 2. The summed E-state index contributed by atoms with van der Waals surface area (Å²) in [5, 5.41) is 40.8. The zero-order chi connectivity index (χ0) is 20.9. The van der Waals surface area contributed by atoms with Crippen LogP contribution in [0.1, 0.15) is 25.0 Å². The van der Waals surface area contributed by atoms with E-state index >= 15 is 0 Å². The monoisotopic (exact) mass is 380 g/mol. The number of rotatable bonds is 7. The fraction of sp³-hybridized carbons (Fsp3) is 0.222. The number of non-ortho nitro benzene ring substituents is 2. The van der Waals surface area contributed by atoms with Gasteiger partial charge in [0.2, 0.25) is 0 Å². The van der Waals surface area contributed by atoms with Crippen LogP contribution in [0.5, 0.6) is 0 Å². The Morgan fingerprint density at radius 2 is 1.04 bits per heavy atom. The summed E-state index contributed by atoms with van der Waals surface area (Å²) in [5.41, 5.74) is 3.70. The van der Waals surface area contributed by atoms with Crippen LogP contribution in [0.2, 0.25) is 0 Å². The highest BCUT2D eigenvalue weighted by Gasteiger charge is 2.33. The summed E-state index contributed by atoms with van der Waals surface area (Å²) in [5.74, 6) is 0. The van der Waals surface area contributed by atoms with Gasteiger partial charge in [0.25, 0.3) is 11.4 Å². The van der Waals surface area contributed by atoms with Gasteiger partial charge in [0.1, 0.15) is 11.1 Å². The summed E-state index contributed by atoms with van der Waals surface area (Å²) in [6.07, 6.45) is 0. The van der Waals surface area contributed by atoms with Crippen molar-refractivity contribution in [1.29, 1.82) is 10.5 Å². The normalized spacial score (nSPS) is 14.7. The fourth-order valence-corrected chi connectivity index (χ4v) is 2.41. The maximum atomic E-state index is 10.8. The minimum Gasteiger partial charge on any atom is -0.258 e. The predicted molar refractivity (Wildman–Crippen MR) is 98.4 cm³/mol. The Kier molecular flexibility index (Phi) is 5.70. The molecule has 2 aromatic carbocycles. The van der Waals surface area contributed by atoms with E-state index in [0.717, 1.165) is 0 Å². The highest BCUT2D eigenvalue weighted by Crippen LogP contribution is 2.25. The van der Waals surface area contributed by atoms with E-state index in [9.17, 15) is 30.8 Å². The van der Waals surface area contributed by atoms with Crippen LogP contribution in [0, 0.1) is 42.9 Å². The smallest absolute Gasteiger partial charge is 0.258 e. The lowest BCUT2D eigenvalue weighted by atomic mass is 9.92. The molecule has 0 aliphatic rings. The molecular weight excluding hydrogens is 364 g/mol. The number of nitrogens with zero attached hydrogens (tertiary/aromatic N) is 4. The van der Waals surface area contributed by atoms with E-state index < -0.39 is 20.9 Å². The third-order valence-electron chi connectivity index (χ3n) is 4.32. The van der Waals surface area contributed by atoms with Crippen molar-refractivity contribution < 1.29 is 9.85 Å². The molecule has 0 saturated heterocycles. The maximum Gasteiger partial charge on any atom is 0.269 e. The van der Waals surface area contributed by atoms with Gasteiger partial charge in [0.05, 0.1) is 22.0 Å². The van der Waals surface area contributed by atoms with Gasteiger partial charge in [-0.1, -0.05) is 0 Å². The number of nitrogens with one attached hydrogen (secondary N) is 2. The lowest BCUT2D eigenvalue weighted by Crippen LogP contribution is -2.55. The summed E-state index contributed by atoms with van der Waals surface area (Å²) >= 11 is 0. The Morgan fingerprint density at radius 3 is 1.25 bits per heavy atom. The highest BCUT2D eigenvalue weighted by atomic mass is 16.6. The number of hydrogen-bond donors (Lipinski definition) is 2. The van der Waals surface area contributed by atoms with Crippen LogP contribution >= 0.6 is 0 Å². The number of hydrogen-bond acceptors (Lipinski definition) is 8. The van der Waals surface area contributed by atoms with E-state index in [2.05, 4.69) is 23.0 Å². The minimum atomic E-state index is -1.30. The molecule has 0 fully saturated rings. The van der Waals surface area contributed by atoms with Crippen molar-refractivity contribution in [1.82, 2.24) is 10.9 Å². The van der Waals surface area contributed by atoms with Gasteiger partial charge >= 0.3 is 0 Å². The van der Waals surface area contributed by atoms with E-state index in [4.69, 9.17) is 0 Å². The molecule has 0 aliphatic carbocycles. The molecule has 2 unspecified atom stereocenters. The van der Waals surface area contributed by atoms with Crippen LogP contribution in [0.3, 0.4) is 0 Å². The summed E-state index contributed by atoms with van der Waals surface area (Å²) in [4.78, 5) is 20.5. The largest absolute Gasteiger partial charge is 0.269 e. The second-order valence-electron chi connectivity index (χ2n) is 6.33. The molecule has 0 saturated carbocycles. The van der Waals surface area contributed by atoms with Gasteiger partial charge in [-0.3, -0.25) is 20.2 Å². The molecule has 0 heterocycles.